The van der Waals surface area contributed by atoms with Crippen LogP contribution in [-0.2, 0) is 4.74 Å². The highest BCUT2D eigenvalue weighted by Crippen LogP contribution is 2.35. The Bertz CT molecular complexity index is 385. The van der Waals surface area contributed by atoms with Crippen molar-refractivity contribution in [2.75, 3.05) is 6.61 Å². The molecule has 3 unspecified atom stereocenters. The lowest BCUT2D eigenvalue weighted by atomic mass is 9.96. The maximum absolute atomic E-state index is 13.3. The van der Waals surface area contributed by atoms with Gasteiger partial charge in [-0.2, -0.15) is 0 Å². The fourth-order valence-corrected chi connectivity index (χ4v) is 2.43. The first kappa shape index (κ1) is 12.3. The molecule has 0 amide bonds. The van der Waals surface area contributed by atoms with E-state index in [0.717, 1.165) is 12.0 Å². The first-order chi connectivity index (χ1) is 7.58. The van der Waals surface area contributed by atoms with Gasteiger partial charge in [0.15, 0.2) is 0 Å². The maximum Gasteiger partial charge on any atom is 0.142 e. The van der Waals surface area contributed by atoms with E-state index in [0.29, 0.717) is 17.4 Å². The number of alkyl halides is 1. The van der Waals surface area contributed by atoms with E-state index in [1.165, 1.54) is 6.07 Å². The second-order valence-electron chi connectivity index (χ2n) is 4.22. The van der Waals surface area contributed by atoms with Crippen LogP contribution in [0.5, 0.6) is 0 Å². The summed E-state index contributed by atoms with van der Waals surface area (Å²) in [5.41, 5.74) is 0.859. The van der Waals surface area contributed by atoms with E-state index in [1.54, 1.807) is 6.07 Å². The number of rotatable bonds is 1. The molecule has 1 aromatic rings. The summed E-state index contributed by atoms with van der Waals surface area (Å²) >= 11 is 9.27. The van der Waals surface area contributed by atoms with Crippen molar-refractivity contribution < 1.29 is 9.13 Å². The summed E-state index contributed by atoms with van der Waals surface area (Å²) in [6, 6.07) is 4.87. The van der Waals surface area contributed by atoms with E-state index in [1.807, 2.05) is 6.07 Å². The normalized spacial score (nSPS) is 30.4. The number of benzene rings is 1. The molecule has 2 rings (SSSR count). The van der Waals surface area contributed by atoms with E-state index in [-0.39, 0.29) is 16.9 Å². The van der Waals surface area contributed by atoms with Crippen LogP contribution in [0.1, 0.15) is 25.0 Å². The van der Waals surface area contributed by atoms with E-state index in [4.69, 9.17) is 16.3 Å². The number of hydrogen-bond acceptors (Lipinski definition) is 1. The third-order valence-electron chi connectivity index (χ3n) is 2.93. The minimum Gasteiger partial charge on any atom is -0.373 e. The Labute approximate surface area is 108 Å². The third-order valence-corrected chi connectivity index (χ3v) is 4.52. The van der Waals surface area contributed by atoms with Crippen molar-refractivity contribution in [3.05, 3.63) is 34.6 Å². The molecule has 3 atom stereocenters. The van der Waals surface area contributed by atoms with Crippen LogP contribution in [0, 0.1) is 11.7 Å². The van der Waals surface area contributed by atoms with Gasteiger partial charge in [-0.1, -0.05) is 40.5 Å². The summed E-state index contributed by atoms with van der Waals surface area (Å²) < 4.78 is 19.0. The van der Waals surface area contributed by atoms with E-state index >= 15 is 0 Å². The fraction of sp³-hybridized carbons (Fsp3) is 0.500. The first-order valence-electron chi connectivity index (χ1n) is 5.28. The van der Waals surface area contributed by atoms with Crippen LogP contribution in [0.3, 0.4) is 0 Å². The maximum atomic E-state index is 13.3. The molecule has 1 aliphatic rings. The molecule has 88 valence electrons. The molecular weight excluding hydrogens is 294 g/mol. The van der Waals surface area contributed by atoms with Gasteiger partial charge < -0.3 is 4.74 Å². The zero-order valence-corrected chi connectivity index (χ0v) is 11.3. The molecule has 0 N–H and O–H groups in total. The highest BCUT2D eigenvalue weighted by molar-refractivity contribution is 9.09. The van der Waals surface area contributed by atoms with Crippen LogP contribution in [0.25, 0.3) is 0 Å². The Balaban J connectivity index is 2.15. The van der Waals surface area contributed by atoms with Crippen molar-refractivity contribution >= 4 is 27.5 Å². The molecule has 0 aliphatic carbocycles. The molecule has 0 saturated carbocycles. The molecule has 0 spiro atoms. The number of ether oxygens (including phenoxy) is 1. The summed E-state index contributed by atoms with van der Waals surface area (Å²) in [7, 11) is 0. The average Bonchev–Trinajstić information content (AvgIpc) is 2.26. The van der Waals surface area contributed by atoms with Crippen molar-refractivity contribution in [2.45, 2.75) is 24.3 Å². The van der Waals surface area contributed by atoms with Gasteiger partial charge in [0.2, 0.25) is 0 Å². The molecule has 0 aromatic heterocycles. The fourth-order valence-electron chi connectivity index (χ4n) is 1.82. The largest absolute Gasteiger partial charge is 0.373 e. The zero-order valence-electron chi connectivity index (χ0n) is 8.92. The van der Waals surface area contributed by atoms with E-state index < -0.39 is 0 Å². The van der Waals surface area contributed by atoms with Crippen molar-refractivity contribution in [3.63, 3.8) is 0 Å². The summed E-state index contributed by atoms with van der Waals surface area (Å²) in [5.74, 6) is 0.112. The first-order valence-corrected chi connectivity index (χ1v) is 6.58. The standard InChI is InChI=1S/C12H13BrClFO/c1-7-6-16-12(5-9(7)13)8-2-3-10(14)11(15)4-8/h2-4,7,9,12H,5-6H2,1H3. The lowest BCUT2D eigenvalue weighted by Gasteiger charge is -2.31. The van der Waals surface area contributed by atoms with Crippen molar-refractivity contribution in [1.29, 1.82) is 0 Å². The molecule has 1 fully saturated rings. The minimum atomic E-state index is -0.382. The Morgan fingerprint density at radius 1 is 1.50 bits per heavy atom. The van der Waals surface area contributed by atoms with Crippen molar-refractivity contribution in [1.82, 2.24) is 0 Å². The van der Waals surface area contributed by atoms with Gasteiger partial charge in [-0.25, -0.2) is 4.39 Å². The molecule has 0 bridgehead atoms. The smallest absolute Gasteiger partial charge is 0.142 e. The predicted octanol–water partition coefficient (Wildman–Crippen LogP) is 4.34. The van der Waals surface area contributed by atoms with Crippen LogP contribution in [0.4, 0.5) is 4.39 Å². The van der Waals surface area contributed by atoms with Crippen LogP contribution in [0.15, 0.2) is 18.2 Å². The predicted molar refractivity (Wildman–Crippen MR) is 66.6 cm³/mol. The van der Waals surface area contributed by atoms with Gasteiger partial charge in [-0.05, 0) is 30.0 Å². The second-order valence-corrected chi connectivity index (χ2v) is 5.81. The Hall–Kier alpha value is -0.120. The Morgan fingerprint density at radius 3 is 2.88 bits per heavy atom. The lowest BCUT2D eigenvalue weighted by Crippen LogP contribution is -2.27. The van der Waals surface area contributed by atoms with Gasteiger partial charge in [0.25, 0.3) is 0 Å². The topological polar surface area (TPSA) is 9.23 Å². The van der Waals surface area contributed by atoms with Crippen LogP contribution < -0.4 is 0 Å². The van der Waals surface area contributed by atoms with Crippen LogP contribution in [-0.4, -0.2) is 11.4 Å². The molecule has 1 heterocycles. The van der Waals surface area contributed by atoms with Gasteiger partial charge in [-0.3, -0.25) is 0 Å². The summed E-state index contributed by atoms with van der Waals surface area (Å²) in [6.45, 7) is 2.84. The third kappa shape index (κ3) is 2.58. The van der Waals surface area contributed by atoms with E-state index in [2.05, 4.69) is 22.9 Å². The van der Waals surface area contributed by atoms with Gasteiger partial charge in [0.1, 0.15) is 5.82 Å². The van der Waals surface area contributed by atoms with Gasteiger partial charge in [-0.15, -0.1) is 0 Å². The molecule has 1 aromatic carbocycles. The van der Waals surface area contributed by atoms with Crippen LogP contribution >= 0.6 is 27.5 Å². The van der Waals surface area contributed by atoms with Gasteiger partial charge >= 0.3 is 0 Å². The van der Waals surface area contributed by atoms with Gasteiger partial charge in [0.05, 0.1) is 17.7 Å². The molecular formula is C12H13BrClFO. The quantitative estimate of drug-likeness (QED) is 0.701. The molecule has 0 radical (unpaired) electrons. The van der Waals surface area contributed by atoms with Crippen molar-refractivity contribution in [3.8, 4) is 0 Å². The van der Waals surface area contributed by atoms with Crippen molar-refractivity contribution in [2.24, 2.45) is 5.92 Å². The van der Waals surface area contributed by atoms with Gasteiger partial charge in [0, 0.05) is 4.83 Å². The summed E-state index contributed by atoms with van der Waals surface area (Å²) in [5, 5.41) is 0.156. The summed E-state index contributed by atoms with van der Waals surface area (Å²) in [4.78, 5) is 0.421. The zero-order chi connectivity index (χ0) is 11.7. The highest BCUT2D eigenvalue weighted by atomic mass is 79.9. The molecule has 4 heteroatoms. The monoisotopic (exact) mass is 306 g/mol. The Morgan fingerprint density at radius 2 is 2.25 bits per heavy atom. The lowest BCUT2D eigenvalue weighted by molar-refractivity contribution is -0.00777. The second kappa shape index (κ2) is 5.03. The number of halogens is 3. The number of hydrogen-bond donors (Lipinski definition) is 0. The average molecular weight is 308 g/mol. The van der Waals surface area contributed by atoms with Crippen LogP contribution in [0.2, 0.25) is 5.02 Å². The molecule has 1 saturated heterocycles. The van der Waals surface area contributed by atoms with E-state index in [9.17, 15) is 4.39 Å². The molecule has 16 heavy (non-hydrogen) atoms. The molecule has 1 aliphatic heterocycles. The summed E-state index contributed by atoms with van der Waals surface area (Å²) in [6.07, 6.45) is 0.828. The highest BCUT2D eigenvalue weighted by Gasteiger charge is 2.27. The minimum absolute atomic E-state index is 0.0349. The Kier molecular flexibility index (Phi) is 3.88. The molecule has 1 nitrogen and oxygen atoms in total. The SMILES string of the molecule is CC1COC(c2ccc(Cl)c(F)c2)CC1Br.